The van der Waals surface area contributed by atoms with E-state index >= 15 is 0 Å². The number of esters is 1. The van der Waals surface area contributed by atoms with Crippen molar-refractivity contribution in [3.8, 4) is 0 Å². The largest absolute Gasteiger partial charge is 0.466 e. The fourth-order valence-corrected chi connectivity index (χ4v) is 8.35. The summed E-state index contributed by atoms with van der Waals surface area (Å²) in [7, 11) is 0. The van der Waals surface area contributed by atoms with E-state index < -0.39 is 12.1 Å². The number of aliphatic hydroxyl groups is 2. The number of carbonyl (C=O) groups excluding carboxylic acids is 2. The van der Waals surface area contributed by atoms with Gasteiger partial charge >= 0.3 is 5.97 Å². The minimum atomic E-state index is -0.677. The van der Waals surface area contributed by atoms with Crippen LogP contribution in [0.15, 0.2) is 0 Å². The van der Waals surface area contributed by atoms with Gasteiger partial charge in [-0.25, -0.2) is 0 Å². The predicted octanol–water partition coefficient (Wildman–Crippen LogP) is 15.6. The Morgan fingerprint density at radius 1 is 0.414 bits per heavy atom. The quantitative estimate of drug-likeness (QED) is 0.0420. The van der Waals surface area contributed by atoms with E-state index in [1.54, 1.807) is 0 Å². The second-order valence-electron chi connectivity index (χ2n) is 18.2. The molecule has 58 heavy (non-hydrogen) atoms. The average molecular weight is 822 g/mol. The lowest BCUT2D eigenvalue weighted by molar-refractivity contribution is -0.143. The van der Waals surface area contributed by atoms with E-state index in [2.05, 4.69) is 19.2 Å². The third kappa shape index (κ3) is 44.4. The van der Waals surface area contributed by atoms with Gasteiger partial charge in [-0.05, 0) is 25.7 Å². The molecule has 6 nitrogen and oxygen atoms in total. The molecule has 1 amide bonds. The van der Waals surface area contributed by atoms with Crippen LogP contribution in [0.5, 0.6) is 0 Å². The van der Waals surface area contributed by atoms with Crippen LogP contribution in [-0.4, -0.2) is 47.4 Å². The molecule has 0 aliphatic carbocycles. The summed E-state index contributed by atoms with van der Waals surface area (Å²) in [6.45, 7) is 4.92. The van der Waals surface area contributed by atoms with Crippen molar-refractivity contribution in [3.05, 3.63) is 0 Å². The number of ether oxygens (including phenoxy) is 1. The van der Waals surface area contributed by atoms with Gasteiger partial charge < -0.3 is 20.3 Å². The lowest BCUT2D eigenvalue weighted by Crippen LogP contribution is -2.45. The number of nitrogens with one attached hydrogen (secondary N) is 1. The van der Waals surface area contributed by atoms with Crippen molar-refractivity contribution in [2.75, 3.05) is 13.2 Å². The molecule has 0 aromatic carbocycles. The topological polar surface area (TPSA) is 95.9 Å². The zero-order valence-corrected chi connectivity index (χ0v) is 39.3. The zero-order chi connectivity index (χ0) is 42.3. The van der Waals surface area contributed by atoms with Crippen molar-refractivity contribution in [1.29, 1.82) is 0 Å². The lowest BCUT2D eigenvalue weighted by Gasteiger charge is -2.22. The highest BCUT2D eigenvalue weighted by molar-refractivity contribution is 5.76. The van der Waals surface area contributed by atoms with Gasteiger partial charge in [0.2, 0.25) is 5.91 Å². The predicted molar refractivity (Wildman–Crippen MR) is 250 cm³/mol. The number of carbonyl (C=O) groups is 2. The number of aliphatic hydroxyl groups excluding tert-OH is 2. The summed E-state index contributed by atoms with van der Waals surface area (Å²) in [5.74, 6) is -0.0723. The van der Waals surface area contributed by atoms with Crippen LogP contribution < -0.4 is 5.32 Å². The van der Waals surface area contributed by atoms with E-state index in [9.17, 15) is 19.8 Å². The van der Waals surface area contributed by atoms with Gasteiger partial charge in [0, 0.05) is 12.8 Å². The molecule has 2 atom stereocenters. The van der Waals surface area contributed by atoms with E-state index in [0.29, 0.717) is 25.9 Å². The van der Waals surface area contributed by atoms with Crippen molar-refractivity contribution >= 4 is 11.9 Å². The molecular weight excluding hydrogens is 719 g/mol. The molecular formula is C52H103NO5. The fourth-order valence-electron chi connectivity index (χ4n) is 8.35. The maximum atomic E-state index is 12.5. The van der Waals surface area contributed by atoms with Crippen molar-refractivity contribution < 1.29 is 24.5 Å². The second-order valence-corrected chi connectivity index (χ2v) is 18.2. The molecule has 346 valence electrons. The van der Waals surface area contributed by atoms with Crippen LogP contribution in [0.3, 0.4) is 0 Å². The normalized spacial score (nSPS) is 12.6. The van der Waals surface area contributed by atoms with Gasteiger partial charge in [-0.3, -0.25) is 9.59 Å². The van der Waals surface area contributed by atoms with Crippen LogP contribution in [0, 0.1) is 0 Å². The van der Waals surface area contributed by atoms with Crippen LogP contribution in [0.2, 0.25) is 0 Å². The maximum absolute atomic E-state index is 12.5. The number of hydrogen-bond acceptors (Lipinski definition) is 5. The molecule has 0 heterocycles. The molecule has 0 radical (unpaired) electrons. The molecule has 0 saturated heterocycles. The van der Waals surface area contributed by atoms with Crippen LogP contribution in [0.25, 0.3) is 0 Å². The Kier molecular flexibility index (Phi) is 47.6. The molecule has 6 heteroatoms. The Balaban J connectivity index is 3.47. The molecule has 0 aliphatic heterocycles. The molecule has 2 unspecified atom stereocenters. The number of unbranched alkanes of at least 4 members (excludes halogenated alkanes) is 38. The van der Waals surface area contributed by atoms with Crippen molar-refractivity contribution in [3.63, 3.8) is 0 Å². The Morgan fingerprint density at radius 3 is 1.05 bits per heavy atom. The Hall–Kier alpha value is -1.14. The molecule has 0 aromatic heterocycles. The molecule has 0 rings (SSSR count). The highest BCUT2D eigenvalue weighted by Gasteiger charge is 2.20. The van der Waals surface area contributed by atoms with Crippen molar-refractivity contribution in [2.45, 2.75) is 309 Å². The summed E-state index contributed by atoms with van der Waals surface area (Å²) in [5.41, 5.74) is 0. The summed E-state index contributed by atoms with van der Waals surface area (Å²) in [6, 6.07) is -0.556. The average Bonchev–Trinajstić information content (AvgIpc) is 3.22. The summed E-state index contributed by atoms with van der Waals surface area (Å²) >= 11 is 0. The van der Waals surface area contributed by atoms with Gasteiger partial charge in [0.1, 0.15) is 0 Å². The third-order valence-electron chi connectivity index (χ3n) is 12.4. The third-order valence-corrected chi connectivity index (χ3v) is 12.4. The van der Waals surface area contributed by atoms with E-state index in [1.165, 1.54) is 205 Å². The molecule has 0 saturated carbocycles. The van der Waals surface area contributed by atoms with Gasteiger partial charge in [0.15, 0.2) is 0 Å². The van der Waals surface area contributed by atoms with Crippen LogP contribution in [0.1, 0.15) is 296 Å². The first-order valence-electron chi connectivity index (χ1n) is 26.3. The Morgan fingerprint density at radius 2 is 0.707 bits per heavy atom. The molecule has 0 spiro atoms. The molecule has 0 aliphatic rings. The van der Waals surface area contributed by atoms with Crippen molar-refractivity contribution in [1.82, 2.24) is 5.32 Å². The Labute approximate surface area is 362 Å². The monoisotopic (exact) mass is 822 g/mol. The smallest absolute Gasteiger partial charge is 0.305 e. The molecule has 0 aromatic rings. The first-order chi connectivity index (χ1) is 28.5. The van der Waals surface area contributed by atoms with Crippen LogP contribution >= 0.6 is 0 Å². The summed E-state index contributed by atoms with van der Waals surface area (Å²) in [4.78, 5) is 24.4. The summed E-state index contributed by atoms with van der Waals surface area (Å²) < 4.78 is 5.44. The van der Waals surface area contributed by atoms with Gasteiger partial charge in [-0.15, -0.1) is 0 Å². The van der Waals surface area contributed by atoms with E-state index in [4.69, 9.17) is 4.74 Å². The highest BCUT2D eigenvalue weighted by atomic mass is 16.5. The second kappa shape index (κ2) is 48.5. The minimum absolute atomic E-state index is 0.0180. The number of hydrogen-bond donors (Lipinski definition) is 3. The number of amides is 1. The standard InChI is InChI=1S/C52H103NO5/c1-3-5-7-9-11-13-15-16-17-18-19-20-21-22-23-25-28-32-36-40-44-50(55)49(48-54)53-51(56)45-41-37-33-29-26-27-31-35-39-43-47-58-52(57)46-42-38-34-30-24-14-12-10-8-6-4-2/h49-50,54-55H,3-48H2,1-2H3,(H,53,56). The van der Waals surface area contributed by atoms with Crippen LogP contribution in [-0.2, 0) is 14.3 Å². The minimum Gasteiger partial charge on any atom is -0.466 e. The lowest BCUT2D eigenvalue weighted by atomic mass is 10.0. The van der Waals surface area contributed by atoms with Gasteiger partial charge in [0.05, 0.1) is 25.4 Å². The Bertz CT molecular complexity index is 822. The molecule has 0 fully saturated rings. The first-order valence-corrected chi connectivity index (χ1v) is 26.3. The maximum Gasteiger partial charge on any atom is 0.305 e. The molecule has 3 N–H and O–H groups in total. The molecule has 0 bridgehead atoms. The van der Waals surface area contributed by atoms with Gasteiger partial charge in [-0.1, -0.05) is 258 Å². The van der Waals surface area contributed by atoms with Gasteiger partial charge in [-0.2, -0.15) is 0 Å². The number of rotatable bonds is 49. The van der Waals surface area contributed by atoms with E-state index in [-0.39, 0.29) is 18.5 Å². The van der Waals surface area contributed by atoms with Crippen LogP contribution in [0.4, 0.5) is 0 Å². The first kappa shape index (κ1) is 56.9. The van der Waals surface area contributed by atoms with Gasteiger partial charge in [0.25, 0.3) is 0 Å². The zero-order valence-electron chi connectivity index (χ0n) is 39.3. The summed E-state index contributed by atoms with van der Waals surface area (Å²) in [6.07, 6.45) is 53.6. The summed E-state index contributed by atoms with van der Waals surface area (Å²) in [5, 5.41) is 23.3. The van der Waals surface area contributed by atoms with E-state index in [0.717, 1.165) is 57.8 Å². The fraction of sp³-hybridized carbons (Fsp3) is 0.962. The van der Waals surface area contributed by atoms with Crippen molar-refractivity contribution in [2.24, 2.45) is 0 Å². The SMILES string of the molecule is CCCCCCCCCCCCCCCCCCCCCCC(O)C(CO)NC(=O)CCCCCCCCCCCCOC(=O)CCCCCCCCCCCCC. The van der Waals surface area contributed by atoms with E-state index in [1.807, 2.05) is 0 Å². The highest BCUT2D eigenvalue weighted by Crippen LogP contribution is 2.17.